The molecule has 4 nitrogen and oxygen atoms in total. The molecule has 1 rings (SSSR count). The summed E-state index contributed by atoms with van der Waals surface area (Å²) in [6.07, 6.45) is 0. The van der Waals surface area contributed by atoms with Crippen molar-refractivity contribution in [3.8, 4) is 0 Å². The lowest BCUT2D eigenvalue weighted by molar-refractivity contribution is 0.0697. The van der Waals surface area contributed by atoms with Crippen LogP contribution in [0.2, 0.25) is 0 Å². The predicted octanol–water partition coefficient (Wildman–Crippen LogP) is 2.49. The fourth-order valence-corrected chi connectivity index (χ4v) is 1.73. The van der Waals surface area contributed by atoms with Gasteiger partial charge in [0.2, 0.25) is 0 Å². The maximum Gasteiger partial charge on any atom is 0.335 e. The van der Waals surface area contributed by atoms with Gasteiger partial charge in [-0.15, -0.1) is 11.6 Å². The molecule has 1 aromatic rings. The number of nitrogens with two attached hydrogens (primary N) is 2. The minimum Gasteiger partial charge on any atom is -0.478 e. The molecular weight excluding hydrogens is 228 g/mol. The van der Waals surface area contributed by atoms with Gasteiger partial charge in [-0.2, -0.15) is 0 Å². The van der Waals surface area contributed by atoms with Gasteiger partial charge in [-0.3, -0.25) is 0 Å². The zero-order valence-corrected chi connectivity index (χ0v) is 9.95. The molecule has 16 heavy (non-hydrogen) atoms. The third-order valence-corrected chi connectivity index (χ3v) is 3.07. The van der Waals surface area contributed by atoms with Crippen LogP contribution in [0.15, 0.2) is 12.1 Å². The molecule has 0 saturated heterocycles. The molecule has 5 heteroatoms. The largest absolute Gasteiger partial charge is 0.478 e. The molecule has 0 amide bonds. The average molecular weight is 243 g/mol. The molecule has 1 aromatic carbocycles. The topological polar surface area (TPSA) is 89.3 Å². The number of carboxylic acid groups (broad SMARTS) is 1. The van der Waals surface area contributed by atoms with Gasteiger partial charge >= 0.3 is 5.97 Å². The molecule has 0 bridgehead atoms. The Morgan fingerprint density at radius 3 is 2.06 bits per heavy atom. The lowest BCUT2D eigenvalue weighted by atomic mass is 9.97. The summed E-state index contributed by atoms with van der Waals surface area (Å²) in [6, 6.07) is 2.76. The Bertz CT molecular complexity index is 395. The first kappa shape index (κ1) is 12.6. The second-order valence-corrected chi connectivity index (χ2v) is 4.49. The third-order valence-electron chi connectivity index (χ3n) is 2.35. The summed E-state index contributed by atoms with van der Waals surface area (Å²) < 4.78 is 0. The molecule has 5 N–H and O–H groups in total. The van der Waals surface area contributed by atoms with E-state index in [0.717, 1.165) is 0 Å². The zero-order chi connectivity index (χ0) is 12.5. The van der Waals surface area contributed by atoms with Gasteiger partial charge in [0.1, 0.15) is 0 Å². The summed E-state index contributed by atoms with van der Waals surface area (Å²) in [4.78, 5) is 10.8. The van der Waals surface area contributed by atoms with E-state index in [2.05, 4.69) is 0 Å². The van der Waals surface area contributed by atoms with Crippen molar-refractivity contribution >= 4 is 28.9 Å². The fourth-order valence-electron chi connectivity index (χ4n) is 1.47. The summed E-state index contributed by atoms with van der Waals surface area (Å²) in [7, 11) is 0. The molecule has 0 aromatic heterocycles. The van der Waals surface area contributed by atoms with E-state index in [0.29, 0.717) is 16.9 Å². The van der Waals surface area contributed by atoms with Crippen molar-refractivity contribution < 1.29 is 9.90 Å². The highest BCUT2D eigenvalue weighted by Crippen LogP contribution is 2.37. The maximum atomic E-state index is 10.8. The number of halogens is 1. The minimum absolute atomic E-state index is 0.0753. The molecule has 0 saturated carbocycles. The number of carboxylic acids is 1. The van der Waals surface area contributed by atoms with Gasteiger partial charge in [-0.1, -0.05) is 13.8 Å². The smallest absolute Gasteiger partial charge is 0.335 e. The van der Waals surface area contributed by atoms with Gasteiger partial charge in [-0.05, 0) is 18.1 Å². The first-order valence-electron chi connectivity index (χ1n) is 4.90. The molecule has 0 heterocycles. The van der Waals surface area contributed by atoms with Crippen LogP contribution in [0.1, 0.15) is 35.1 Å². The Labute approximate surface area is 99.2 Å². The third kappa shape index (κ3) is 2.39. The Morgan fingerprint density at radius 1 is 1.31 bits per heavy atom. The molecule has 1 atom stereocenters. The first-order chi connectivity index (χ1) is 7.34. The quantitative estimate of drug-likeness (QED) is 0.561. The number of hydrogen-bond acceptors (Lipinski definition) is 3. The average Bonchev–Trinajstić information content (AvgIpc) is 2.15. The van der Waals surface area contributed by atoms with Crippen molar-refractivity contribution in [2.45, 2.75) is 19.2 Å². The van der Waals surface area contributed by atoms with E-state index >= 15 is 0 Å². The fraction of sp³-hybridized carbons (Fsp3) is 0.364. The van der Waals surface area contributed by atoms with E-state index in [1.807, 2.05) is 13.8 Å². The molecule has 0 aliphatic carbocycles. The van der Waals surface area contributed by atoms with Crippen LogP contribution in [0.25, 0.3) is 0 Å². The Kier molecular flexibility index (Phi) is 3.65. The highest BCUT2D eigenvalue weighted by molar-refractivity contribution is 6.22. The van der Waals surface area contributed by atoms with E-state index in [1.165, 1.54) is 12.1 Å². The van der Waals surface area contributed by atoms with Crippen molar-refractivity contribution in [3.63, 3.8) is 0 Å². The van der Waals surface area contributed by atoms with E-state index in [4.69, 9.17) is 28.2 Å². The van der Waals surface area contributed by atoms with Crippen molar-refractivity contribution in [2.24, 2.45) is 5.92 Å². The van der Waals surface area contributed by atoms with Gasteiger partial charge < -0.3 is 16.6 Å². The normalized spacial score (nSPS) is 12.8. The van der Waals surface area contributed by atoms with Gasteiger partial charge in [0, 0.05) is 16.9 Å². The number of rotatable bonds is 3. The zero-order valence-electron chi connectivity index (χ0n) is 9.20. The summed E-state index contributed by atoms with van der Waals surface area (Å²) in [5.74, 6) is -0.887. The Morgan fingerprint density at radius 2 is 1.75 bits per heavy atom. The molecular formula is C11H15ClN2O2. The molecule has 1 unspecified atom stereocenters. The number of carbonyl (C=O) groups is 1. The summed E-state index contributed by atoms with van der Waals surface area (Å²) in [5.41, 5.74) is 12.9. The van der Waals surface area contributed by atoms with E-state index in [1.54, 1.807) is 0 Å². The SMILES string of the molecule is CC(C)C(Cl)c1c(N)cc(C(=O)O)cc1N. The summed E-state index contributed by atoms with van der Waals surface area (Å²) in [5, 5.41) is 8.51. The van der Waals surface area contributed by atoms with Crippen LogP contribution in [-0.2, 0) is 0 Å². The van der Waals surface area contributed by atoms with Crippen LogP contribution in [0.5, 0.6) is 0 Å². The number of hydrogen-bond donors (Lipinski definition) is 3. The van der Waals surface area contributed by atoms with Gasteiger partial charge in [0.05, 0.1) is 10.9 Å². The number of anilines is 2. The lowest BCUT2D eigenvalue weighted by Gasteiger charge is -2.18. The van der Waals surface area contributed by atoms with E-state index in [9.17, 15) is 4.79 Å². The predicted molar refractivity (Wildman–Crippen MR) is 65.7 cm³/mol. The standard InChI is InChI=1S/C11H15ClN2O2/c1-5(2)10(12)9-7(13)3-6(11(15)16)4-8(9)14/h3-5,10H,13-14H2,1-2H3,(H,15,16). The van der Waals surface area contributed by atoms with Crippen LogP contribution in [0.3, 0.4) is 0 Å². The molecule has 0 aliphatic rings. The van der Waals surface area contributed by atoms with Crippen molar-refractivity contribution in [1.82, 2.24) is 0 Å². The van der Waals surface area contributed by atoms with Crippen LogP contribution in [0, 0.1) is 5.92 Å². The van der Waals surface area contributed by atoms with Crippen LogP contribution < -0.4 is 11.5 Å². The highest BCUT2D eigenvalue weighted by Gasteiger charge is 2.20. The van der Waals surface area contributed by atoms with Crippen LogP contribution in [0.4, 0.5) is 11.4 Å². The molecule has 88 valence electrons. The molecule has 0 fully saturated rings. The molecule has 0 aliphatic heterocycles. The monoisotopic (exact) mass is 242 g/mol. The summed E-state index contributed by atoms with van der Waals surface area (Å²) in [6.45, 7) is 3.89. The van der Waals surface area contributed by atoms with Crippen molar-refractivity contribution in [2.75, 3.05) is 11.5 Å². The Balaban J connectivity index is 3.28. The number of alkyl halides is 1. The second kappa shape index (κ2) is 4.61. The minimum atomic E-state index is -1.05. The van der Waals surface area contributed by atoms with E-state index in [-0.39, 0.29) is 16.9 Å². The van der Waals surface area contributed by atoms with Gasteiger partial charge in [0.15, 0.2) is 0 Å². The van der Waals surface area contributed by atoms with Gasteiger partial charge in [-0.25, -0.2) is 4.79 Å². The Hall–Kier alpha value is -1.42. The van der Waals surface area contributed by atoms with Crippen molar-refractivity contribution in [1.29, 1.82) is 0 Å². The number of benzene rings is 1. The number of aromatic carboxylic acids is 1. The molecule has 0 radical (unpaired) electrons. The van der Waals surface area contributed by atoms with Crippen LogP contribution in [-0.4, -0.2) is 11.1 Å². The second-order valence-electron chi connectivity index (χ2n) is 4.02. The maximum absolute atomic E-state index is 10.8. The lowest BCUT2D eigenvalue weighted by Crippen LogP contribution is -2.09. The summed E-state index contributed by atoms with van der Waals surface area (Å²) >= 11 is 6.18. The van der Waals surface area contributed by atoms with Crippen LogP contribution >= 0.6 is 11.6 Å². The van der Waals surface area contributed by atoms with Crippen molar-refractivity contribution in [3.05, 3.63) is 23.3 Å². The number of nitrogen functional groups attached to an aromatic ring is 2. The first-order valence-corrected chi connectivity index (χ1v) is 5.34. The van der Waals surface area contributed by atoms with E-state index < -0.39 is 5.97 Å². The molecule has 0 spiro atoms. The van der Waals surface area contributed by atoms with Gasteiger partial charge in [0.25, 0.3) is 0 Å². The highest BCUT2D eigenvalue weighted by atomic mass is 35.5.